The Bertz CT molecular complexity index is 473. The van der Waals surface area contributed by atoms with Crippen molar-refractivity contribution in [2.75, 3.05) is 14.2 Å². The highest BCUT2D eigenvalue weighted by Crippen LogP contribution is 2.35. The van der Waals surface area contributed by atoms with E-state index in [1.54, 1.807) is 18.2 Å². The molecule has 1 heterocycles. The third-order valence-electron chi connectivity index (χ3n) is 2.52. The van der Waals surface area contributed by atoms with Crippen molar-refractivity contribution in [3.05, 3.63) is 23.8 Å². The molecule has 0 aliphatic carbocycles. The summed E-state index contributed by atoms with van der Waals surface area (Å²) in [5.41, 5.74) is 0.565. The van der Waals surface area contributed by atoms with Gasteiger partial charge in [-0.2, -0.15) is 0 Å². The number of hydrogen-bond acceptors (Lipinski definition) is 4. The van der Waals surface area contributed by atoms with Crippen LogP contribution in [0.5, 0.6) is 11.5 Å². The van der Waals surface area contributed by atoms with Gasteiger partial charge in [-0.05, 0) is 6.07 Å². The molecule has 1 aromatic carbocycles. The number of imide groups is 1. The third-order valence-corrected chi connectivity index (χ3v) is 2.52. The molecule has 1 aliphatic rings. The van der Waals surface area contributed by atoms with Crippen LogP contribution in [0, 0.1) is 0 Å². The normalized spacial score (nSPS) is 18.6. The van der Waals surface area contributed by atoms with Crippen LogP contribution in [0.15, 0.2) is 18.2 Å². The van der Waals surface area contributed by atoms with Crippen LogP contribution in [0.3, 0.4) is 0 Å². The van der Waals surface area contributed by atoms with E-state index in [4.69, 9.17) is 9.47 Å². The highest BCUT2D eigenvalue weighted by Gasteiger charge is 2.33. The lowest BCUT2D eigenvalue weighted by molar-refractivity contribution is -0.120. The molecule has 0 spiro atoms. The van der Waals surface area contributed by atoms with Gasteiger partial charge >= 0.3 is 6.03 Å². The number of nitrogens with one attached hydrogen (secondary N) is 2. The number of para-hydroxylation sites is 1. The maximum Gasteiger partial charge on any atom is 0.322 e. The Hall–Kier alpha value is -2.24. The minimum atomic E-state index is -0.743. The molecular formula is C11H12N2O4. The molecule has 0 saturated carbocycles. The molecule has 6 nitrogen and oxygen atoms in total. The fourth-order valence-electron chi connectivity index (χ4n) is 1.78. The number of ether oxygens (including phenoxy) is 2. The van der Waals surface area contributed by atoms with E-state index in [2.05, 4.69) is 10.6 Å². The van der Waals surface area contributed by atoms with E-state index in [1.807, 2.05) is 0 Å². The maximum absolute atomic E-state index is 11.6. The molecule has 6 heteroatoms. The molecule has 0 unspecified atom stereocenters. The zero-order valence-corrected chi connectivity index (χ0v) is 9.44. The summed E-state index contributed by atoms with van der Waals surface area (Å²) < 4.78 is 10.3. The van der Waals surface area contributed by atoms with Crippen LogP contribution in [0.4, 0.5) is 4.79 Å². The van der Waals surface area contributed by atoms with Gasteiger partial charge in [-0.15, -0.1) is 0 Å². The maximum atomic E-state index is 11.6. The number of methoxy groups -OCH3 is 2. The number of urea groups is 1. The van der Waals surface area contributed by atoms with E-state index >= 15 is 0 Å². The van der Waals surface area contributed by atoms with Crippen molar-refractivity contribution in [1.29, 1.82) is 0 Å². The van der Waals surface area contributed by atoms with Crippen molar-refractivity contribution in [2.45, 2.75) is 6.04 Å². The summed E-state index contributed by atoms with van der Waals surface area (Å²) in [5.74, 6) is 0.554. The molecule has 2 N–H and O–H groups in total. The van der Waals surface area contributed by atoms with E-state index in [0.717, 1.165) is 0 Å². The van der Waals surface area contributed by atoms with Crippen molar-refractivity contribution in [3.63, 3.8) is 0 Å². The standard InChI is InChI=1S/C11H12N2O4/c1-16-7-5-3-4-6(9(7)17-2)8-10(14)13-11(15)12-8/h3-5,8H,1-2H3,(H2,12,13,14,15)/t8-/m0/s1. The minimum Gasteiger partial charge on any atom is -0.493 e. The van der Waals surface area contributed by atoms with E-state index < -0.39 is 18.0 Å². The van der Waals surface area contributed by atoms with Crippen LogP contribution < -0.4 is 20.1 Å². The molecule has 0 bridgehead atoms. The lowest BCUT2D eigenvalue weighted by atomic mass is 10.1. The van der Waals surface area contributed by atoms with Gasteiger partial charge in [0.25, 0.3) is 5.91 Å². The number of benzene rings is 1. The second kappa shape index (κ2) is 4.32. The molecule has 2 rings (SSSR count). The first-order valence-electron chi connectivity index (χ1n) is 4.99. The molecule has 1 aliphatic heterocycles. The summed E-state index contributed by atoms with van der Waals surface area (Å²) in [5, 5.41) is 4.68. The van der Waals surface area contributed by atoms with Crippen molar-refractivity contribution < 1.29 is 19.1 Å². The van der Waals surface area contributed by atoms with Crippen LogP contribution in [0.2, 0.25) is 0 Å². The Morgan fingerprint density at radius 1 is 1.18 bits per heavy atom. The molecule has 0 radical (unpaired) electrons. The first-order chi connectivity index (χ1) is 8.17. The summed E-state index contributed by atoms with van der Waals surface area (Å²) in [7, 11) is 2.99. The zero-order chi connectivity index (χ0) is 12.4. The van der Waals surface area contributed by atoms with Crippen molar-refractivity contribution in [3.8, 4) is 11.5 Å². The number of carbonyl (C=O) groups excluding carboxylic acids is 2. The average molecular weight is 236 g/mol. The summed E-state index contributed by atoms with van der Waals surface area (Å²) in [6.07, 6.45) is 0. The van der Waals surface area contributed by atoms with Gasteiger partial charge in [-0.1, -0.05) is 12.1 Å². The Morgan fingerprint density at radius 2 is 1.94 bits per heavy atom. The Labute approximate surface area is 97.9 Å². The fourth-order valence-corrected chi connectivity index (χ4v) is 1.78. The number of hydrogen-bond donors (Lipinski definition) is 2. The van der Waals surface area contributed by atoms with Crippen LogP contribution in [-0.4, -0.2) is 26.2 Å². The van der Waals surface area contributed by atoms with E-state index in [1.165, 1.54) is 14.2 Å². The van der Waals surface area contributed by atoms with Gasteiger partial charge in [-0.3, -0.25) is 10.1 Å². The first kappa shape index (κ1) is 11.3. The quantitative estimate of drug-likeness (QED) is 0.753. The van der Waals surface area contributed by atoms with Gasteiger partial charge in [0.2, 0.25) is 0 Å². The molecule has 90 valence electrons. The van der Waals surface area contributed by atoms with Crippen molar-refractivity contribution in [2.24, 2.45) is 0 Å². The lowest BCUT2D eigenvalue weighted by Crippen LogP contribution is -2.22. The fraction of sp³-hybridized carbons (Fsp3) is 0.273. The lowest BCUT2D eigenvalue weighted by Gasteiger charge is -2.15. The smallest absolute Gasteiger partial charge is 0.322 e. The van der Waals surface area contributed by atoms with Gasteiger partial charge in [0.1, 0.15) is 6.04 Å². The highest BCUT2D eigenvalue weighted by atomic mass is 16.5. The average Bonchev–Trinajstić information content (AvgIpc) is 2.67. The SMILES string of the molecule is COc1cccc([C@@H]2NC(=O)NC2=O)c1OC. The monoisotopic (exact) mass is 236 g/mol. The molecule has 1 fully saturated rings. The zero-order valence-electron chi connectivity index (χ0n) is 9.44. The van der Waals surface area contributed by atoms with Crippen LogP contribution in [0.25, 0.3) is 0 Å². The molecule has 1 aromatic rings. The largest absolute Gasteiger partial charge is 0.493 e. The Kier molecular flexibility index (Phi) is 2.86. The summed E-state index contributed by atoms with van der Waals surface area (Å²) >= 11 is 0. The van der Waals surface area contributed by atoms with Crippen molar-refractivity contribution in [1.82, 2.24) is 10.6 Å². The molecule has 0 aromatic heterocycles. The molecule has 1 atom stereocenters. The van der Waals surface area contributed by atoms with E-state index in [-0.39, 0.29) is 0 Å². The van der Waals surface area contributed by atoms with Gasteiger partial charge in [0.05, 0.1) is 14.2 Å². The van der Waals surface area contributed by atoms with E-state index in [0.29, 0.717) is 17.1 Å². The number of amides is 3. The van der Waals surface area contributed by atoms with Crippen LogP contribution in [-0.2, 0) is 4.79 Å². The Morgan fingerprint density at radius 3 is 2.47 bits per heavy atom. The van der Waals surface area contributed by atoms with Crippen molar-refractivity contribution >= 4 is 11.9 Å². The van der Waals surface area contributed by atoms with Gasteiger partial charge < -0.3 is 14.8 Å². The van der Waals surface area contributed by atoms with Gasteiger partial charge in [0.15, 0.2) is 11.5 Å². The predicted octanol–water partition coefficient (Wildman–Crippen LogP) is 0.584. The third kappa shape index (κ3) is 1.89. The number of carbonyl (C=O) groups is 2. The van der Waals surface area contributed by atoms with E-state index in [9.17, 15) is 9.59 Å². The topological polar surface area (TPSA) is 76.7 Å². The summed E-state index contributed by atoms with van der Waals surface area (Å²) in [6, 6.07) is 3.90. The second-order valence-electron chi connectivity index (χ2n) is 3.48. The summed E-state index contributed by atoms with van der Waals surface area (Å²) in [6.45, 7) is 0. The number of rotatable bonds is 3. The summed E-state index contributed by atoms with van der Waals surface area (Å²) in [4.78, 5) is 22.6. The minimum absolute atomic E-state index is 0.401. The molecule has 3 amide bonds. The molecule has 17 heavy (non-hydrogen) atoms. The molecular weight excluding hydrogens is 224 g/mol. The van der Waals surface area contributed by atoms with Crippen LogP contribution >= 0.6 is 0 Å². The molecule has 1 saturated heterocycles. The van der Waals surface area contributed by atoms with Gasteiger partial charge in [0, 0.05) is 5.56 Å². The van der Waals surface area contributed by atoms with Crippen LogP contribution in [0.1, 0.15) is 11.6 Å². The highest BCUT2D eigenvalue weighted by molar-refractivity contribution is 6.04. The predicted molar refractivity (Wildman–Crippen MR) is 59.0 cm³/mol. The first-order valence-corrected chi connectivity index (χ1v) is 4.99. The Balaban J connectivity index is 2.44. The second-order valence-corrected chi connectivity index (χ2v) is 3.48. The van der Waals surface area contributed by atoms with Gasteiger partial charge in [-0.25, -0.2) is 4.79 Å².